The number of nitrogens with one attached hydrogen (secondary N) is 1. The molecule has 2 heterocycles. The number of hydrogen-bond acceptors (Lipinski definition) is 5. The molecule has 20 heavy (non-hydrogen) atoms. The van der Waals surface area contributed by atoms with Gasteiger partial charge in [0.2, 0.25) is 5.89 Å². The molecule has 3 rings (SSSR count). The average Bonchev–Trinajstić information content (AvgIpc) is 3.11. The first-order valence-electron chi connectivity index (χ1n) is 7.20. The van der Waals surface area contributed by atoms with Crippen molar-refractivity contribution in [2.24, 2.45) is 0 Å². The van der Waals surface area contributed by atoms with Gasteiger partial charge >= 0.3 is 0 Å². The van der Waals surface area contributed by atoms with Gasteiger partial charge in [0.25, 0.3) is 5.95 Å². The second kappa shape index (κ2) is 5.94. The summed E-state index contributed by atoms with van der Waals surface area (Å²) < 4.78 is 5.30. The van der Waals surface area contributed by atoms with Gasteiger partial charge in [-0.05, 0) is 36.6 Å². The maximum absolute atomic E-state index is 5.30. The van der Waals surface area contributed by atoms with Crippen molar-refractivity contribution in [3.8, 4) is 0 Å². The first-order chi connectivity index (χ1) is 9.83. The number of rotatable bonds is 5. The van der Waals surface area contributed by atoms with E-state index in [2.05, 4.69) is 39.4 Å². The molecular weight excluding hydrogens is 252 g/mol. The van der Waals surface area contributed by atoms with Crippen LogP contribution in [0.4, 0.5) is 11.6 Å². The lowest BCUT2D eigenvalue weighted by Crippen LogP contribution is -2.19. The van der Waals surface area contributed by atoms with Crippen LogP contribution >= 0.6 is 0 Å². The Morgan fingerprint density at radius 1 is 1.25 bits per heavy atom. The zero-order valence-electron chi connectivity index (χ0n) is 11.8. The summed E-state index contributed by atoms with van der Waals surface area (Å²) in [6.07, 6.45) is 3.19. The molecule has 1 aliphatic rings. The Morgan fingerprint density at radius 2 is 2.05 bits per heavy atom. The van der Waals surface area contributed by atoms with Gasteiger partial charge in [-0.1, -0.05) is 18.2 Å². The van der Waals surface area contributed by atoms with Gasteiger partial charge in [0.05, 0.1) is 0 Å². The molecule has 0 amide bonds. The van der Waals surface area contributed by atoms with Crippen molar-refractivity contribution >= 4 is 11.6 Å². The lowest BCUT2D eigenvalue weighted by molar-refractivity contribution is 0.380. The Labute approximate surface area is 119 Å². The molecule has 106 valence electrons. The van der Waals surface area contributed by atoms with Crippen LogP contribution in [0.2, 0.25) is 0 Å². The van der Waals surface area contributed by atoms with Crippen molar-refractivity contribution in [1.29, 1.82) is 0 Å². The van der Waals surface area contributed by atoms with Crippen molar-refractivity contribution < 1.29 is 4.52 Å². The molecule has 0 radical (unpaired) electrons. The van der Waals surface area contributed by atoms with E-state index in [9.17, 15) is 0 Å². The lowest BCUT2D eigenvalue weighted by Gasteiger charge is -2.09. The number of aromatic nitrogens is 2. The van der Waals surface area contributed by atoms with E-state index in [1.54, 1.807) is 0 Å². The van der Waals surface area contributed by atoms with Crippen LogP contribution in [0.15, 0.2) is 28.8 Å². The largest absolute Gasteiger partial charge is 0.384 e. The molecule has 0 bridgehead atoms. The number of aryl methyl sites for hydroxylation is 1. The molecule has 1 saturated heterocycles. The normalized spacial score (nSPS) is 14.8. The molecule has 5 nitrogen and oxygen atoms in total. The number of nitrogens with zero attached hydrogens (tertiary/aromatic N) is 3. The minimum absolute atomic E-state index is 0.702. The molecule has 0 aliphatic carbocycles. The van der Waals surface area contributed by atoms with Gasteiger partial charge in [-0.15, -0.1) is 0 Å². The number of para-hydroxylation sites is 1. The molecule has 0 atom stereocenters. The molecule has 1 aliphatic heterocycles. The van der Waals surface area contributed by atoms with E-state index in [1.165, 1.54) is 18.4 Å². The third-order valence-corrected chi connectivity index (χ3v) is 3.65. The van der Waals surface area contributed by atoms with E-state index in [1.807, 2.05) is 12.1 Å². The third-order valence-electron chi connectivity index (χ3n) is 3.65. The fourth-order valence-electron chi connectivity index (χ4n) is 2.47. The average molecular weight is 272 g/mol. The van der Waals surface area contributed by atoms with E-state index >= 15 is 0 Å². The topological polar surface area (TPSA) is 54.2 Å². The summed E-state index contributed by atoms with van der Waals surface area (Å²) in [5.41, 5.74) is 2.41. The molecule has 0 spiro atoms. The van der Waals surface area contributed by atoms with Crippen LogP contribution in [0.1, 0.15) is 24.3 Å². The monoisotopic (exact) mass is 272 g/mol. The molecule has 1 aromatic heterocycles. The predicted octanol–water partition coefficient (Wildman–Crippen LogP) is 2.63. The lowest BCUT2D eigenvalue weighted by atomic mass is 10.2. The van der Waals surface area contributed by atoms with Crippen LogP contribution in [0, 0.1) is 6.92 Å². The Morgan fingerprint density at radius 3 is 2.85 bits per heavy atom. The third kappa shape index (κ3) is 2.92. The van der Waals surface area contributed by atoms with E-state index in [0.717, 1.165) is 37.7 Å². The summed E-state index contributed by atoms with van der Waals surface area (Å²) in [6.45, 7) is 4.98. The van der Waals surface area contributed by atoms with Crippen LogP contribution in [-0.2, 0) is 6.42 Å². The Balaban J connectivity index is 1.52. The standard InChI is InChI=1S/C15H20N4O/c1-12-6-2-3-7-13(12)16-9-8-14-17-15(18-20-14)19-10-4-5-11-19/h2-3,6-7,16H,4-5,8-11H2,1H3. The number of benzene rings is 1. The van der Waals surface area contributed by atoms with Gasteiger partial charge in [-0.25, -0.2) is 0 Å². The fraction of sp³-hybridized carbons (Fsp3) is 0.467. The van der Waals surface area contributed by atoms with Crippen molar-refractivity contribution in [2.45, 2.75) is 26.2 Å². The van der Waals surface area contributed by atoms with Crippen LogP contribution in [0.3, 0.4) is 0 Å². The molecule has 1 aromatic carbocycles. The van der Waals surface area contributed by atoms with Crippen LogP contribution < -0.4 is 10.2 Å². The first kappa shape index (κ1) is 13.0. The highest BCUT2D eigenvalue weighted by molar-refractivity contribution is 5.50. The molecule has 1 fully saturated rings. The molecule has 1 N–H and O–H groups in total. The van der Waals surface area contributed by atoms with E-state index in [0.29, 0.717) is 5.89 Å². The van der Waals surface area contributed by atoms with Gasteiger partial charge in [0.1, 0.15) is 0 Å². The zero-order chi connectivity index (χ0) is 13.8. The summed E-state index contributed by atoms with van der Waals surface area (Å²) in [7, 11) is 0. The summed E-state index contributed by atoms with van der Waals surface area (Å²) in [6, 6.07) is 8.26. The van der Waals surface area contributed by atoms with Crippen molar-refractivity contribution in [3.05, 3.63) is 35.7 Å². The second-order valence-corrected chi connectivity index (χ2v) is 5.17. The van der Waals surface area contributed by atoms with E-state index in [-0.39, 0.29) is 0 Å². The molecule has 0 unspecified atom stereocenters. The molecule has 2 aromatic rings. The highest BCUT2D eigenvalue weighted by Gasteiger charge is 2.17. The maximum atomic E-state index is 5.30. The van der Waals surface area contributed by atoms with Crippen LogP contribution in [0.5, 0.6) is 0 Å². The number of hydrogen-bond donors (Lipinski definition) is 1. The fourth-order valence-corrected chi connectivity index (χ4v) is 2.47. The van der Waals surface area contributed by atoms with Gasteiger partial charge in [-0.3, -0.25) is 0 Å². The molecule has 0 saturated carbocycles. The zero-order valence-corrected chi connectivity index (χ0v) is 11.8. The van der Waals surface area contributed by atoms with Crippen LogP contribution in [0.25, 0.3) is 0 Å². The van der Waals surface area contributed by atoms with Crippen molar-refractivity contribution in [3.63, 3.8) is 0 Å². The number of anilines is 2. The molecular formula is C15H20N4O. The minimum Gasteiger partial charge on any atom is -0.384 e. The molecule has 5 heteroatoms. The first-order valence-corrected chi connectivity index (χ1v) is 7.20. The summed E-state index contributed by atoms with van der Waals surface area (Å²) in [4.78, 5) is 6.64. The Kier molecular flexibility index (Phi) is 3.85. The summed E-state index contributed by atoms with van der Waals surface area (Å²) in [5, 5.41) is 7.45. The minimum atomic E-state index is 0.702. The summed E-state index contributed by atoms with van der Waals surface area (Å²) >= 11 is 0. The smallest absolute Gasteiger partial charge is 0.266 e. The van der Waals surface area contributed by atoms with Gasteiger partial charge in [-0.2, -0.15) is 4.98 Å². The quantitative estimate of drug-likeness (QED) is 0.906. The van der Waals surface area contributed by atoms with Crippen molar-refractivity contribution in [2.75, 3.05) is 29.9 Å². The van der Waals surface area contributed by atoms with Gasteiger partial charge in [0.15, 0.2) is 0 Å². The van der Waals surface area contributed by atoms with Gasteiger partial charge < -0.3 is 14.7 Å². The van der Waals surface area contributed by atoms with Gasteiger partial charge in [0, 0.05) is 31.7 Å². The highest BCUT2D eigenvalue weighted by Crippen LogP contribution is 2.17. The highest BCUT2D eigenvalue weighted by atomic mass is 16.5. The second-order valence-electron chi connectivity index (χ2n) is 5.17. The SMILES string of the molecule is Cc1ccccc1NCCc1nc(N2CCCC2)no1. The Bertz CT molecular complexity index is 561. The Hall–Kier alpha value is -2.04. The summed E-state index contributed by atoms with van der Waals surface area (Å²) in [5.74, 6) is 1.45. The maximum Gasteiger partial charge on any atom is 0.266 e. The van der Waals surface area contributed by atoms with E-state index in [4.69, 9.17) is 4.52 Å². The van der Waals surface area contributed by atoms with Crippen LogP contribution in [-0.4, -0.2) is 29.8 Å². The van der Waals surface area contributed by atoms with Crippen molar-refractivity contribution in [1.82, 2.24) is 10.1 Å². The predicted molar refractivity (Wildman–Crippen MR) is 79.1 cm³/mol. The van der Waals surface area contributed by atoms with E-state index < -0.39 is 0 Å².